The first kappa shape index (κ1) is 13.3. The Kier molecular flexibility index (Phi) is 4.00. The van der Waals surface area contributed by atoms with E-state index in [1.807, 2.05) is 69.3 Å². The number of benzene rings is 2. The quantitative estimate of drug-likeness (QED) is 0.885. The zero-order chi connectivity index (χ0) is 13.8. The summed E-state index contributed by atoms with van der Waals surface area (Å²) in [5, 5.41) is 3.03. The molecule has 0 aliphatic rings. The van der Waals surface area contributed by atoms with E-state index in [2.05, 4.69) is 5.32 Å². The first-order valence-corrected chi connectivity index (χ1v) is 6.51. The Morgan fingerprint density at radius 1 is 1.05 bits per heavy atom. The molecule has 2 aromatic carbocycles. The number of carbonyl (C=O) groups is 1. The van der Waals surface area contributed by atoms with Crippen molar-refractivity contribution in [2.45, 2.75) is 26.8 Å². The molecule has 0 radical (unpaired) electrons. The maximum absolute atomic E-state index is 12.2. The van der Waals surface area contributed by atoms with E-state index in [1.165, 1.54) is 5.56 Å². The summed E-state index contributed by atoms with van der Waals surface area (Å²) in [5.74, 6) is -0.0196. The minimum atomic E-state index is -0.0196. The number of nitrogens with one attached hydrogen (secondary N) is 1. The van der Waals surface area contributed by atoms with E-state index >= 15 is 0 Å². The SMILES string of the molecule is Cc1ccc(C(=O)N[C@H](C)c2ccccc2)c(C)c1. The van der Waals surface area contributed by atoms with Crippen LogP contribution in [0.2, 0.25) is 0 Å². The summed E-state index contributed by atoms with van der Waals surface area (Å²) in [4.78, 5) is 12.2. The van der Waals surface area contributed by atoms with Gasteiger partial charge in [0.25, 0.3) is 5.91 Å². The Bertz CT molecular complexity index is 575. The van der Waals surface area contributed by atoms with E-state index in [1.54, 1.807) is 0 Å². The number of carbonyl (C=O) groups excluding carboxylic acids is 1. The highest BCUT2D eigenvalue weighted by Crippen LogP contribution is 2.15. The van der Waals surface area contributed by atoms with Crippen molar-refractivity contribution in [3.05, 3.63) is 70.8 Å². The van der Waals surface area contributed by atoms with Crippen molar-refractivity contribution in [2.75, 3.05) is 0 Å². The predicted octanol–water partition coefficient (Wildman–Crippen LogP) is 3.79. The molecule has 19 heavy (non-hydrogen) atoms. The number of amides is 1. The summed E-state index contributed by atoms with van der Waals surface area (Å²) >= 11 is 0. The third-order valence-corrected chi connectivity index (χ3v) is 3.27. The van der Waals surface area contributed by atoms with Gasteiger partial charge in [-0.25, -0.2) is 0 Å². The van der Waals surface area contributed by atoms with Gasteiger partial charge in [-0.2, -0.15) is 0 Å². The van der Waals surface area contributed by atoms with Crippen LogP contribution in [0.3, 0.4) is 0 Å². The molecule has 2 rings (SSSR count). The molecule has 0 aromatic heterocycles. The molecule has 0 bridgehead atoms. The standard InChI is InChI=1S/C17H19NO/c1-12-9-10-16(13(2)11-12)17(19)18-14(3)15-7-5-4-6-8-15/h4-11,14H,1-3H3,(H,18,19)/t14-/m1/s1. The molecular formula is C17H19NO. The molecule has 1 amide bonds. The minimum absolute atomic E-state index is 0.00871. The topological polar surface area (TPSA) is 29.1 Å². The summed E-state index contributed by atoms with van der Waals surface area (Å²) in [5.41, 5.74) is 4.04. The summed E-state index contributed by atoms with van der Waals surface area (Å²) in [6, 6.07) is 15.9. The van der Waals surface area contributed by atoms with Gasteiger partial charge in [-0.3, -0.25) is 4.79 Å². The summed E-state index contributed by atoms with van der Waals surface area (Å²) in [7, 11) is 0. The van der Waals surface area contributed by atoms with E-state index < -0.39 is 0 Å². The molecule has 0 aliphatic heterocycles. The second-order valence-electron chi connectivity index (χ2n) is 4.92. The van der Waals surface area contributed by atoms with Crippen LogP contribution in [-0.4, -0.2) is 5.91 Å². The van der Waals surface area contributed by atoms with Crippen LogP contribution < -0.4 is 5.32 Å². The summed E-state index contributed by atoms with van der Waals surface area (Å²) in [6.45, 7) is 5.99. The lowest BCUT2D eigenvalue weighted by molar-refractivity contribution is 0.0939. The van der Waals surface area contributed by atoms with Crippen molar-refractivity contribution in [2.24, 2.45) is 0 Å². The minimum Gasteiger partial charge on any atom is -0.346 e. The van der Waals surface area contributed by atoms with Crippen molar-refractivity contribution in [3.8, 4) is 0 Å². The molecule has 0 saturated heterocycles. The fourth-order valence-electron chi connectivity index (χ4n) is 2.17. The summed E-state index contributed by atoms with van der Waals surface area (Å²) in [6.07, 6.45) is 0. The third-order valence-electron chi connectivity index (χ3n) is 3.27. The van der Waals surface area contributed by atoms with Gasteiger partial charge in [0.15, 0.2) is 0 Å². The normalized spacial score (nSPS) is 11.9. The lowest BCUT2D eigenvalue weighted by Gasteiger charge is -2.15. The molecule has 2 nitrogen and oxygen atoms in total. The average Bonchev–Trinajstić information content (AvgIpc) is 2.39. The molecular weight excluding hydrogens is 234 g/mol. The molecule has 1 N–H and O–H groups in total. The van der Waals surface area contributed by atoms with Crippen LogP contribution in [0.25, 0.3) is 0 Å². The van der Waals surface area contributed by atoms with Crippen molar-refractivity contribution < 1.29 is 4.79 Å². The van der Waals surface area contributed by atoms with Crippen molar-refractivity contribution in [1.29, 1.82) is 0 Å². The van der Waals surface area contributed by atoms with Crippen LogP contribution >= 0.6 is 0 Å². The Balaban J connectivity index is 2.13. The Labute approximate surface area is 114 Å². The van der Waals surface area contributed by atoms with Gasteiger partial charge < -0.3 is 5.32 Å². The number of aryl methyl sites for hydroxylation is 2. The highest BCUT2D eigenvalue weighted by molar-refractivity contribution is 5.95. The first-order chi connectivity index (χ1) is 9.08. The molecule has 0 fully saturated rings. The van der Waals surface area contributed by atoms with Crippen LogP contribution in [0.5, 0.6) is 0 Å². The summed E-state index contributed by atoms with van der Waals surface area (Å²) < 4.78 is 0. The monoisotopic (exact) mass is 253 g/mol. The molecule has 0 aliphatic carbocycles. The predicted molar refractivity (Wildman–Crippen MR) is 78.2 cm³/mol. The largest absolute Gasteiger partial charge is 0.346 e. The maximum Gasteiger partial charge on any atom is 0.252 e. The van der Waals surface area contributed by atoms with Gasteiger partial charge in [-0.15, -0.1) is 0 Å². The van der Waals surface area contributed by atoms with Gasteiger partial charge in [-0.1, -0.05) is 48.0 Å². The van der Waals surface area contributed by atoms with Crippen molar-refractivity contribution in [1.82, 2.24) is 5.32 Å². The zero-order valence-electron chi connectivity index (χ0n) is 11.6. The van der Waals surface area contributed by atoms with E-state index in [9.17, 15) is 4.79 Å². The van der Waals surface area contributed by atoms with Crippen molar-refractivity contribution >= 4 is 5.91 Å². The molecule has 2 heteroatoms. The van der Waals surface area contributed by atoms with Gasteiger partial charge in [0, 0.05) is 5.56 Å². The van der Waals surface area contributed by atoms with Gasteiger partial charge in [-0.05, 0) is 38.0 Å². The first-order valence-electron chi connectivity index (χ1n) is 6.51. The highest BCUT2D eigenvalue weighted by Gasteiger charge is 2.12. The van der Waals surface area contributed by atoms with Gasteiger partial charge >= 0.3 is 0 Å². The lowest BCUT2D eigenvalue weighted by Crippen LogP contribution is -2.27. The molecule has 98 valence electrons. The maximum atomic E-state index is 12.2. The van der Waals surface area contributed by atoms with E-state index in [-0.39, 0.29) is 11.9 Å². The molecule has 0 heterocycles. The number of hydrogen-bond acceptors (Lipinski definition) is 1. The fourth-order valence-corrected chi connectivity index (χ4v) is 2.17. The Morgan fingerprint density at radius 3 is 2.37 bits per heavy atom. The highest BCUT2D eigenvalue weighted by atomic mass is 16.1. The molecule has 0 spiro atoms. The zero-order valence-corrected chi connectivity index (χ0v) is 11.6. The van der Waals surface area contributed by atoms with Crippen LogP contribution in [0.15, 0.2) is 48.5 Å². The second kappa shape index (κ2) is 5.70. The molecule has 2 aromatic rings. The third kappa shape index (κ3) is 3.22. The van der Waals surface area contributed by atoms with Crippen LogP contribution in [0.1, 0.15) is 40.0 Å². The molecule has 0 unspecified atom stereocenters. The van der Waals surface area contributed by atoms with Crippen LogP contribution in [0, 0.1) is 13.8 Å². The molecule has 0 saturated carbocycles. The molecule has 1 atom stereocenters. The van der Waals surface area contributed by atoms with Crippen LogP contribution in [0.4, 0.5) is 0 Å². The average molecular weight is 253 g/mol. The number of hydrogen-bond donors (Lipinski definition) is 1. The fraction of sp³-hybridized carbons (Fsp3) is 0.235. The van der Waals surface area contributed by atoms with Gasteiger partial charge in [0.2, 0.25) is 0 Å². The lowest BCUT2D eigenvalue weighted by atomic mass is 10.0. The van der Waals surface area contributed by atoms with Crippen molar-refractivity contribution in [3.63, 3.8) is 0 Å². The van der Waals surface area contributed by atoms with E-state index in [0.29, 0.717) is 0 Å². The van der Waals surface area contributed by atoms with Gasteiger partial charge in [0.05, 0.1) is 6.04 Å². The van der Waals surface area contributed by atoms with E-state index in [4.69, 9.17) is 0 Å². The Hall–Kier alpha value is -2.09. The van der Waals surface area contributed by atoms with Gasteiger partial charge in [0.1, 0.15) is 0 Å². The Morgan fingerprint density at radius 2 is 1.74 bits per heavy atom. The second-order valence-corrected chi connectivity index (χ2v) is 4.92. The number of rotatable bonds is 3. The van der Waals surface area contributed by atoms with E-state index in [0.717, 1.165) is 16.7 Å². The smallest absolute Gasteiger partial charge is 0.252 e. The van der Waals surface area contributed by atoms with Crippen LogP contribution in [-0.2, 0) is 0 Å².